The number of rotatable bonds is 10. The third kappa shape index (κ3) is 6.68. The van der Waals surface area contributed by atoms with E-state index in [2.05, 4.69) is 31.7 Å². The van der Waals surface area contributed by atoms with E-state index >= 15 is 0 Å². The molecule has 2 N–H and O–H groups in total. The summed E-state index contributed by atoms with van der Waals surface area (Å²) in [6, 6.07) is 16.8. The van der Waals surface area contributed by atoms with Crippen LogP contribution in [0.15, 0.2) is 65.3 Å². The predicted octanol–water partition coefficient (Wildman–Crippen LogP) is 4.24. The maximum Gasteiger partial charge on any atom is 0.255 e. The fourth-order valence-electron chi connectivity index (χ4n) is 3.06. The van der Waals surface area contributed by atoms with Gasteiger partial charge in [-0.15, -0.1) is 0 Å². The van der Waals surface area contributed by atoms with Crippen LogP contribution in [0.5, 0.6) is 5.75 Å². The van der Waals surface area contributed by atoms with Crippen molar-refractivity contribution in [3.05, 3.63) is 76.4 Å². The van der Waals surface area contributed by atoms with Crippen LogP contribution in [-0.2, 0) is 11.3 Å². The number of carbonyl (C=O) groups is 2. The normalized spacial score (nSPS) is 10.5. The number of para-hydroxylation sites is 1. The van der Waals surface area contributed by atoms with Crippen molar-refractivity contribution in [3.63, 3.8) is 0 Å². The minimum Gasteiger partial charge on any atom is -0.493 e. The van der Waals surface area contributed by atoms with E-state index in [1.165, 1.54) is 0 Å². The zero-order chi connectivity index (χ0) is 22.1. The second-order valence-corrected chi connectivity index (χ2v) is 7.76. The number of hydrogen-bond acceptors (Lipinski definition) is 4. The molecule has 0 aliphatic carbocycles. The molecule has 1 heterocycles. The summed E-state index contributed by atoms with van der Waals surface area (Å²) in [7, 11) is 0. The topological polar surface area (TPSA) is 85.2 Å². The highest BCUT2D eigenvalue weighted by atomic mass is 79.9. The standard InChI is InChI=1S/C23H25BrN4O3/c1-2-31-20-10-4-3-9-19(20)23(30)25-13-6-11-22(29)27-21-12-14-26-28(21)16-17-7-5-8-18(24)15-17/h3-5,7-10,12,14-15H,2,6,11,13,16H2,1H3,(H,25,30)(H,27,29). The van der Waals surface area contributed by atoms with Crippen LogP contribution in [0.4, 0.5) is 5.82 Å². The van der Waals surface area contributed by atoms with Gasteiger partial charge in [0.25, 0.3) is 5.91 Å². The fourth-order valence-corrected chi connectivity index (χ4v) is 3.51. The minimum atomic E-state index is -0.212. The Morgan fingerprint density at radius 3 is 2.77 bits per heavy atom. The molecule has 0 atom stereocenters. The number of halogens is 1. The summed E-state index contributed by atoms with van der Waals surface area (Å²) in [6.07, 6.45) is 2.47. The molecule has 7 nitrogen and oxygen atoms in total. The van der Waals surface area contributed by atoms with Gasteiger partial charge in [0, 0.05) is 23.5 Å². The van der Waals surface area contributed by atoms with Gasteiger partial charge >= 0.3 is 0 Å². The molecule has 1 aromatic heterocycles. The first-order valence-corrected chi connectivity index (χ1v) is 10.9. The molecular weight excluding hydrogens is 460 g/mol. The maximum atomic E-state index is 12.4. The maximum absolute atomic E-state index is 12.4. The number of nitrogens with one attached hydrogen (secondary N) is 2. The molecule has 0 aliphatic rings. The molecule has 2 aromatic carbocycles. The lowest BCUT2D eigenvalue weighted by atomic mass is 10.2. The summed E-state index contributed by atoms with van der Waals surface area (Å²) in [5.74, 6) is 0.857. The molecule has 0 radical (unpaired) electrons. The average molecular weight is 485 g/mol. The summed E-state index contributed by atoms with van der Waals surface area (Å²) in [5.41, 5.74) is 1.56. The van der Waals surface area contributed by atoms with Gasteiger partial charge in [0.1, 0.15) is 11.6 Å². The number of amides is 2. The lowest BCUT2D eigenvalue weighted by Crippen LogP contribution is -2.26. The first-order chi connectivity index (χ1) is 15.1. The zero-order valence-corrected chi connectivity index (χ0v) is 18.9. The van der Waals surface area contributed by atoms with Gasteiger partial charge in [-0.05, 0) is 43.2 Å². The van der Waals surface area contributed by atoms with E-state index in [9.17, 15) is 9.59 Å². The first kappa shape index (κ1) is 22.6. The molecule has 0 saturated carbocycles. The van der Waals surface area contributed by atoms with Crippen molar-refractivity contribution < 1.29 is 14.3 Å². The van der Waals surface area contributed by atoms with E-state index in [-0.39, 0.29) is 18.2 Å². The van der Waals surface area contributed by atoms with Gasteiger partial charge in [-0.25, -0.2) is 4.68 Å². The summed E-state index contributed by atoms with van der Waals surface area (Å²) in [6.45, 7) is 3.31. The number of anilines is 1. The lowest BCUT2D eigenvalue weighted by molar-refractivity contribution is -0.116. The predicted molar refractivity (Wildman–Crippen MR) is 123 cm³/mol. The van der Waals surface area contributed by atoms with E-state index in [0.29, 0.717) is 43.2 Å². The molecule has 0 bridgehead atoms. The molecule has 0 spiro atoms. The van der Waals surface area contributed by atoms with Crippen molar-refractivity contribution in [2.45, 2.75) is 26.3 Å². The van der Waals surface area contributed by atoms with E-state index in [1.807, 2.05) is 37.3 Å². The van der Waals surface area contributed by atoms with E-state index in [4.69, 9.17) is 4.74 Å². The van der Waals surface area contributed by atoms with Crippen LogP contribution >= 0.6 is 15.9 Å². The highest BCUT2D eigenvalue weighted by Crippen LogP contribution is 2.18. The van der Waals surface area contributed by atoms with Gasteiger partial charge in [-0.3, -0.25) is 9.59 Å². The SMILES string of the molecule is CCOc1ccccc1C(=O)NCCCC(=O)Nc1ccnn1Cc1cccc(Br)c1. The van der Waals surface area contributed by atoms with E-state index < -0.39 is 0 Å². The zero-order valence-electron chi connectivity index (χ0n) is 17.3. The first-order valence-electron chi connectivity index (χ1n) is 10.1. The average Bonchev–Trinajstić information content (AvgIpc) is 3.18. The quantitative estimate of drug-likeness (QED) is 0.421. The third-order valence-corrected chi connectivity index (χ3v) is 5.00. The van der Waals surface area contributed by atoms with E-state index in [0.717, 1.165) is 10.0 Å². The van der Waals surface area contributed by atoms with Crippen molar-refractivity contribution in [1.29, 1.82) is 0 Å². The van der Waals surface area contributed by atoms with Crippen LogP contribution < -0.4 is 15.4 Å². The van der Waals surface area contributed by atoms with Crippen molar-refractivity contribution in [2.24, 2.45) is 0 Å². The Kier molecular flexibility index (Phi) is 8.23. The molecule has 3 aromatic rings. The van der Waals surface area contributed by atoms with Crippen molar-refractivity contribution >= 4 is 33.6 Å². The monoisotopic (exact) mass is 484 g/mol. The second-order valence-electron chi connectivity index (χ2n) is 6.84. The lowest BCUT2D eigenvalue weighted by Gasteiger charge is -2.11. The van der Waals surface area contributed by atoms with Gasteiger partial charge in [0.15, 0.2) is 0 Å². The molecular formula is C23H25BrN4O3. The van der Waals surface area contributed by atoms with Crippen LogP contribution in [0, 0.1) is 0 Å². The Morgan fingerprint density at radius 2 is 1.97 bits per heavy atom. The van der Waals surface area contributed by atoms with Crippen molar-refractivity contribution in [1.82, 2.24) is 15.1 Å². The number of nitrogens with zero attached hydrogens (tertiary/aromatic N) is 2. The highest BCUT2D eigenvalue weighted by molar-refractivity contribution is 9.10. The molecule has 31 heavy (non-hydrogen) atoms. The Bertz CT molecular complexity index is 1030. The van der Waals surface area contributed by atoms with Gasteiger partial charge in [0.2, 0.25) is 5.91 Å². The molecule has 0 aliphatic heterocycles. The minimum absolute atomic E-state index is 0.125. The van der Waals surface area contributed by atoms with Crippen LogP contribution in [0.2, 0.25) is 0 Å². The molecule has 2 amide bonds. The summed E-state index contributed by atoms with van der Waals surface area (Å²) < 4.78 is 8.22. The van der Waals surface area contributed by atoms with Crippen LogP contribution in [0.25, 0.3) is 0 Å². The highest BCUT2D eigenvalue weighted by Gasteiger charge is 2.12. The fraction of sp³-hybridized carbons (Fsp3) is 0.261. The number of benzene rings is 2. The number of aromatic nitrogens is 2. The summed E-state index contributed by atoms with van der Waals surface area (Å²) in [5, 5.41) is 10.0. The molecule has 8 heteroatoms. The van der Waals surface area contributed by atoms with Gasteiger partial charge in [0.05, 0.1) is 24.9 Å². The summed E-state index contributed by atoms with van der Waals surface area (Å²) >= 11 is 3.46. The summed E-state index contributed by atoms with van der Waals surface area (Å²) in [4.78, 5) is 24.7. The molecule has 0 unspecified atom stereocenters. The molecule has 162 valence electrons. The Hall–Kier alpha value is -3.13. The molecule has 0 saturated heterocycles. The Balaban J connectivity index is 1.45. The van der Waals surface area contributed by atoms with Crippen molar-refractivity contribution in [3.8, 4) is 5.75 Å². The molecule has 3 rings (SSSR count). The van der Waals surface area contributed by atoms with Crippen LogP contribution in [0.3, 0.4) is 0 Å². The number of ether oxygens (including phenoxy) is 1. The Morgan fingerprint density at radius 1 is 1.13 bits per heavy atom. The third-order valence-electron chi connectivity index (χ3n) is 4.50. The van der Waals surface area contributed by atoms with Gasteiger partial charge in [-0.1, -0.05) is 40.2 Å². The largest absolute Gasteiger partial charge is 0.493 e. The van der Waals surface area contributed by atoms with E-state index in [1.54, 1.807) is 35.1 Å². The van der Waals surface area contributed by atoms with Gasteiger partial charge in [-0.2, -0.15) is 5.10 Å². The van der Waals surface area contributed by atoms with Crippen LogP contribution in [0.1, 0.15) is 35.7 Å². The number of hydrogen-bond donors (Lipinski definition) is 2. The van der Waals surface area contributed by atoms with Gasteiger partial charge < -0.3 is 15.4 Å². The smallest absolute Gasteiger partial charge is 0.255 e. The Labute approximate surface area is 189 Å². The van der Waals surface area contributed by atoms with Crippen molar-refractivity contribution in [2.75, 3.05) is 18.5 Å². The molecule has 0 fully saturated rings. The number of carbonyl (C=O) groups excluding carboxylic acids is 2. The van der Waals surface area contributed by atoms with Crippen LogP contribution in [-0.4, -0.2) is 34.7 Å². The second kappa shape index (κ2) is 11.3.